The van der Waals surface area contributed by atoms with Crippen molar-refractivity contribution in [2.75, 3.05) is 0 Å². The van der Waals surface area contributed by atoms with Gasteiger partial charge in [0.25, 0.3) is 5.69 Å². The quantitative estimate of drug-likeness (QED) is 0.328. The number of carbonyl (C=O) groups is 1. The van der Waals surface area contributed by atoms with Crippen molar-refractivity contribution in [3.8, 4) is 11.6 Å². The Labute approximate surface area is 167 Å². The average Bonchev–Trinajstić information content (AvgIpc) is 2.72. The number of benzene rings is 2. The number of nitrogens with zero attached hydrogens (tertiary/aromatic N) is 3. The lowest BCUT2D eigenvalue weighted by Gasteiger charge is -2.09. The largest absolute Gasteiger partial charge is 0.457 e. The van der Waals surface area contributed by atoms with E-state index in [1.54, 1.807) is 0 Å². The summed E-state index contributed by atoms with van der Waals surface area (Å²) in [6, 6.07) is 11.7. The molecule has 0 atom stereocenters. The van der Waals surface area contributed by atoms with Gasteiger partial charge in [-0.25, -0.2) is 14.8 Å². The Balaban J connectivity index is 1.60. The van der Waals surface area contributed by atoms with Crippen molar-refractivity contribution >= 4 is 11.7 Å². The van der Waals surface area contributed by atoms with Crippen molar-refractivity contribution in [3.05, 3.63) is 87.9 Å². The minimum Gasteiger partial charge on any atom is -0.457 e. The summed E-state index contributed by atoms with van der Waals surface area (Å²) in [4.78, 5) is 28.9. The van der Waals surface area contributed by atoms with Crippen LogP contribution in [0.5, 0.6) is 11.6 Å². The molecule has 0 amide bonds. The fourth-order valence-corrected chi connectivity index (χ4v) is 2.28. The summed E-state index contributed by atoms with van der Waals surface area (Å²) in [6.07, 6.45) is -3.89. The van der Waals surface area contributed by atoms with E-state index in [1.165, 1.54) is 48.5 Å². The minimum absolute atomic E-state index is 0.0771. The van der Waals surface area contributed by atoms with Gasteiger partial charge in [0.2, 0.25) is 5.88 Å². The van der Waals surface area contributed by atoms with E-state index in [9.17, 15) is 28.1 Å². The molecule has 0 fully saturated rings. The van der Waals surface area contributed by atoms with Crippen LogP contribution in [-0.4, -0.2) is 20.9 Å². The minimum atomic E-state index is -4.63. The van der Waals surface area contributed by atoms with Gasteiger partial charge >= 0.3 is 12.1 Å². The predicted octanol–water partition coefficient (Wildman–Crippen LogP) is 4.55. The summed E-state index contributed by atoms with van der Waals surface area (Å²) in [5.74, 6) is -0.791. The molecule has 0 spiro atoms. The highest BCUT2D eigenvalue weighted by Crippen LogP contribution is 2.30. The fourth-order valence-electron chi connectivity index (χ4n) is 2.28. The summed E-state index contributed by atoms with van der Waals surface area (Å²) in [6.45, 7) is -0.0871. The van der Waals surface area contributed by atoms with E-state index in [2.05, 4.69) is 9.97 Å². The predicted molar refractivity (Wildman–Crippen MR) is 95.8 cm³/mol. The summed E-state index contributed by atoms with van der Waals surface area (Å²) in [5, 5.41) is 10.6. The molecule has 0 unspecified atom stereocenters. The number of carbonyl (C=O) groups excluding carboxylic acids is 1. The number of nitro benzene ring substituents is 1. The van der Waals surface area contributed by atoms with Crippen molar-refractivity contribution in [2.24, 2.45) is 0 Å². The number of aromatic nitrogens is 2. The first kappa shape index (κ1) is 20.7. The normalized spacial score (nSPS) is 11.0. The molecule has 0 saturated carbocycles. The Morgan fingerprint density at radius 3 is 2.30 bits per heavy atom. The van der Waals surface area contributed by atoms with Crippen LogP contribution in [0.2, 0.25) is 0 Å². The average molecular weight is 419 g/mol. The monoisotopic (exact) mass is 419 g/mol. The standard InChI is InChI=1S/C19H12F3N3O5/c20-19(21,22)16-9-17(24-11-23-16)30-15-7-3-13(4-8-15)18(26)29-10-12-1-5-14(6-2-12)25(27)28/h1-9,11H,10H2. The number of halogens is 3. The highest BCUT2D eigenvalue weighted by molar-refractivity contribution is 5.89. The van der Waals surface area contributed by atoms with Crippen LogP contribution in [-0.2, 0) is 17.5 Å². The number of ether oxygens (including phenoxy) is 2. The van der Waals surface area contributed by atoms with Crippen LogP contribution in [0.3, 0.4) is 0 Å². The molecular weight excluding hydrogens is 407 g/mol. The number of esters is 1. The highest BCUT2D eigenvalue weighted by Gasteiger charge is 2.33. The van der Waals surface area contributed by atoms with Crippen LogP contribution in [0.25, 0.3) is 0 Å². The Morgan fingerprint density at radius 2 is 1.70 bits per heavy atom. The van der Waals surface area contributed by atoms with Crippen LogP contribution in [0.4, 0.5) is 18.9 Å². The summed E-state index contributed by atoms with van der Waals surface area (Å²) in [7, 11) is 0. The molecule has 154 valence electrons. The lowest BCUT2D eigenvalue weighted by atomic mass is 10.2. The number of non-ortho nitro benzene ring substituents is 1. The lowest BCUT2D eigenvalue weighted by molar-refractivity contribution is -0.384. The second kappa shape index (κ2) is 8.55. The number of alkyl halides is 3. The topological polar surface area (TPSA) is 104 Å². The molecule has 0 aliphatic rings. The van der Waals surface area contributed by atoms with Gasteiger partial charge in [-0.3, -0.25) is 10.1 Å². The molecule has 0 aliphatic carbocycles. The second-order valence-corrected chi connectivity index (χ2v) is 5.87. The lowest BCUT2D eigenvalue weighted by Crippen LogP contribution is -2.08. The molecule has 3 aromatic rings. The summed E-state index contributed by atoms with van der Waals surface area (Å²) < 4.78 is 48.4. The Hall–Kier alpha value is -4.02. The first-order chi connectivity index (χ1) is 14.2. The van der Waals surface area contributed by atoms with E-state index >= 15 is 0 Å². The maximum atomic E-state index is 12.7. The first-order valence-electron chi connectivity index (χ1n) is 8.30. The molecule has 1 heterocycles. The van der Waals surface area contributed by atoms with Gasteiger partial charge in [-0.05, 0) is 42.0 Å². The third-order valence-electron chi connectivity index (χ3n) is 3.76. The van der Waals surface area contributed by atoms with Gasteiger partial charge in [0.1, 0.15) is 18.7 Å². The molecule has 0 N–H and O–H groups in total. The van der Waals surface area contributed by atoms with E-state index in [1.807, 2.05) is 0 Å². The molecule has 0 aliphatic heterocycles. The van der Waals surface area contributed by atoms with Gasteiger partial charge < -0.3 is 9.47 Å². The Bertz CT molecular complexity index is 1050. The number of rotatable bonds is 6. The van der Waals surface area contributed by atoms with Crippen molar-refractivity contribution < 1.29 is 32.4 Å². The third kappa shape index (κ3) is 5.28. The molecule has 0 bridgehead atoms. The molecule has 0 saturated heterocycles. The molecule has 2 aromatic carbocycles. The SMILES string of the molecule is O=C(OCc1ccc([N+](=O)[O-])cc1)c1ccc(Oc2cc(C(F)(F)F)ncn2)cc1. The van der Waals surface area contributed by atoms with Crippen molar-refractivity contribution in [3.63, 3.8) is 0 Å². The van der Waals surface area contributed by atoms with E-state index in [-0.39, 0.29) is 29.5 Å². The summed E-state index contributed by atoms with van der Waals surface area (Å²) >= 11 is 0. The summed E-state index contributed by atoms with van der Waals surface area (Å²) in [5.41, 5.74) is -0.466. The van der Waals surface area contributed by atoms with Crippen LogP contribution in [0.1, 0.15) is 21.6 Å². The Kier molecular flexibility index (Phi) is 5.90. The molecule has 3 rings (SSSR count). The van der Waals surface area contributed by atoms with Crippen LogP contribution in [0.15, 0.2) is 60.9 Å². The van der Waals surface area contributed by atoms with Gasteiger partial charge in [0, 0.05) is 18.2 Å². The Morgan fingerprint density at radius 1 is 1.03 bits per heavy atom. The molecule has 11 heteroatoms. The van der Waals surface area contributed by atoms with Gasteiger partial charge in [-0.15, -0.1) is 0 Å². The van der Waals surface area contributed by atoms with E-state index in [4.69, 9.17) is 9.47 Å². The van der Waals surface area contributed by atoms with Gasteiger partial charge in [-0.2, -0.15) is 13.2 Å². The molecule has 1 aromatic heterocycles. The zero-order chi connectivity index (χ0) is 21.7. The number of nitro groups is 1. The molecular formula is C19H12F3N3O5. The van der Waals surface area contributed by atoms with Gasteiger partial charge in [0.15, 0.2) is 5.69 Å². The zero-order valence-corrected chi connectivity index (χ0v) is 15.0. The zero-order valence-electron chi connectivity index (χ0n) is 15.0. The van der Waals surface area contributed by atoms with Crippen molar-refractivity contribution in [2.45, 2.75) is 12.8 Å². The smallest absolute Gasteiger partial charge is 0.433 e. The second-order valence-electron chi connectivity index (χ2n) is 5.87. The fraction of sp³-hybridized carbons (Fsp3) is 0.105. The maximum Gasteiger partial charge on any atom is 0.433 e. The van der Waals surface area contributed by atoms with Crippen LogP contribution >= 0.6 is 0 Å². The van der Waals surface area contributed by atoms with Crippen molar-refractivity contribution in [1.29, 1.82) is 0 Å². The third-order valence-corrected chi connectivity index (χ3v) is 3.76. The van der Waals surface area contributed by atoms with Crippen LogP contribution in [0, 0.1) is 10.1 Å². The van der Waals surface area contributed by atoms with Crippen molar-refractivity contribution in [1.82, 2.24) is 9.97 Å². The van der Waals surface area contributed by atoms with E-state index < -0.39 is 22.8 Å². The highest BCUT2D eigenvalue weighted by atomic mass is 19.4. The number of hydrogen-bond donors (Lipinski definition) is 0. The van der Waals surface area contributed by atoms with Gasteiger partial charge in [-0.1, -0.05) is 0 Å². The molecule has 30 heavy (non-hydrogen) atoms. The van der Waals surface area contributed by atoms with E-state index in [0.29, 0.717) is 11.6 Å². The molecule has 0 radical (unpaired) electrons. The van der Waals surface area contributed by atoms with Crippen LogP contribution < -0.4 is 4.74 Å². The number of hydrogen-bond acceptors (Lipinski definition) is 7. The molecule has 8 nitrogen and oxygen atoms in total. The van der Waals surface area contributed by atoms with E-state index in [0.717, 1.165) is 6.33 Å². The first-order valence-corrected chi connectivity index (χ1v) is 8.30. The van der Waals surface area contributed by atoms with Gasteiger partial charge in [0.05, 0.1) is 10.5 Å². The maximum absolute atomic E-state index is 12.7.